The summed E-state index contributed by atoms with van der Waals surface area (Å²) in [5, 5.41) is 0. The smallest absolute Gasteiger partial charge is 0.416 e. The monoisotopic (exact) mass is 380 g/mol. The largest absolute Gasteiger partial charge is 0.491 e. The third-order valence-electron chi connectivity index (χ3n) is 3.84. The normalized spacial score (nSPS) is 17.7. The van der Waals surface area contributed by atoms with Crippen LogP contribution >= 0.6 is 15.9 Å². The molecule has 1 aromatic rings. The zero-order valence-corrected chi connectivity index (χ0v) is 14.1. The molecule has 0 saturated carbocycles. The van der Waals surface area contributed by atoms with Gasteiger partial charge in [0, 0.05) is 32.7 Å². The second kappa shape index (κ2) is 7.66. The van der Waals surface area contributed by atoms with Crippen LogP contribution in [0.4, 0.5) is 13.2 Å². The van der Waals surface area contributed by atoms with Gasteiger partial charge < -0.3 is 9.64 Å². The van der Waals surface area contributed by atoms with Crippen LogP contribution in [-0.4, -0.2) is 55.7 Å². The Kier molecular flexibility index (Phi) is 6.11. The van der Waals surface area contributed by atoms with Crippen LogP contribution in [0.25, 0.3) is 0 Å². The molecule has 0 amide bonds. The maximum atomic E-state index is 12.7. The first-order chi connectivity index (χ1) is 10.4. The van der Waals surface area contributed by atoms with Gasteiger partial charge in [0.05, 0.1) is 10.0 Å². The van der Waals surface area contributed by atoms with E-state index in [4.69, 9.17) is 4.74 Å². The third kappa shape index (κ3) is 4.86. The van der Waals surface area contributed by atoms with Gasteiger partial charge in [-0.15, -0.1) is 0 Å². The van der Waals surface area contributed by atoms with E-state index in [0.29, 0.717) is 11.1 Å². The molecule has 3 nitrogen and oxygen atoms in total. The molecule has 0 aromatic heterocycles. The number of likely N-dealkylation sites (N-methyl/N-ethyl adjacent to an activating group) is 1. The van der Waals surface area contributed by atoms with Crippen LogP contribution in [0.1, 0.15) is 12.5 Å². The Hall–Kier alpha value is -0.790. The van der Waals surface area contributed by atoms with E-state index in [2.05, 4.69) is 32.7 Å². The molecule has 0 radical (unpaired) electrons. The van der Waals surface area contributed by atoms with Gasteiger partial charge in [-0.2, -0.15) is 13.2 Å². The fraction of sp³-hybridized carbons (Fsp3) is 0.600. The number of hydrogen-bond donors (Lipinski definition) is 0. The van der Waals surface area contributed by atoms with Crippen LogP contribution in [-0.2, 0) is 6.18 Å². The van der Waals surface area contributed by atoms with E-state index >= 15 is 0 Å². The highest BCUT2D eigenvalue weighted by Gasteiger charge is 2.31. The minimum Gasteiger partial charge on any atom is -0.491 e. The second-order valence-corrected chi connectivity index (χ2v) is 6.12. The molecule has 0 spiro atoms. The number of piperazine rings is 1. The summed E-state index contributed by atoms with van der Waals surface area (Å²) in [5.74, 6) is 0.238. The summed E-state index contributed by atoms with van der Waals surface area (Å²) in [7, 11) is 0. The predicted octanol–water partition coefficient (Wildman–Crippen LogP) is 3.48. The Labute approximate surface area is 137 Å². The summed E-state index contributed by atoms with van der Waals surface area (Å²) in [5.41, 5.74) is -0.692. The SMILES string of the molecule is CCN1CCN(CCOc2cc(C(F)(F)F)ccc2Br)CC1. The summed E-state index contributed by atoms with van der Waals surface area (Å²) >= 11 is 3.23. The Morgan fingerprint density at radius 3 is 2.36 bits per heavy atom. The van der Waals surface area contributed by atoms with Gasteiger partial charge in [0.25, 0.3) is 0 Å². The van der Waals surface area contributed by atoms with Crippen molar-refractivity contribution < 1.29 is 17.9 Å². The standard InChI is InChI=1S/C15H20BrF3N2O/c1-2-20-5-7-21(8-6-20)9-10-22-14-11-12(15(17,18)19)3-4-13(14)16/h3-4,11H,2,5-10H2,1H3. The summed E-state index contributed by atoms with van der Waals surface area (Å²) in [6.07, 6.45) is -4.35. The van der Waals surface area contributed by atoms with E-state index < -0.39 is 11.7 Å². The van der Waals surface area contributed by atoms with Crippen molar-refractivity contribution in [2.24, 2.45) is 0 Å². The molecule has 0 bridgehead atoms. The van der Waals surface area contributed by atoms with Crippen LogP contribution in [0.3, 0.4) is 0 Å². The first-order valence-electron chi connectivity index (χ1n) is 7.34. The molecule has 22 heavy (non-hydrogen) atoms. The molecule has 1 saturated heterocycles. The first kappa shape index (κ1) is 17.6. The van der Waals surface area contributed by atoms with Gasteiger partial charge in [-0.25, -0.2) is 0 Å². The zero-order valence-electron chi connectivity index (χ0n) is 12.5. The number of benzene rings is 1. The highest BCUT2D eigenvalue weighted by molar-refractivity contribution is 9.10. The van der Waals surface area contributed by atoms with E-state index in [1.807, 2.05) is 0 Å². The van der Waals surface area contributed by atoms with Gasteiger partial charge >= 0.3 is 6.18 Å². The number of halogens is 4. The van der Waals surface area contributed by atoms with Crippen LogP contribution < -0.4 is 4.74 Å². The first-order valence-corrected chi connectivity index (χ1v) is 8.13. The van der Waals surface area contributed by atoms with Crippen molar-refractivity contribution in [1.29, 1.82) is 0 Å². The van der Waals surface area contributed by atoms with Crippen molar-refractivity contribution in [3.63, 3.8) is 0 Å². The van der Waals surface area contributed by atoms with E-state index in [1.165, 1.54) is 6.07 Å². The lowest BCUT2D eigenvalue weighted by Crippen LogP contribution is -2.47. The summed E-state index contributed by atoms with van der Waals surface area (Å²) < 4.78 is 44.2. The Morgan fingerprint density at radius 2 is 1.77 bits per heavy atom. The van der Waals surface area contributed by atoms with E-state index in [1.54, 1.807) is 0 Å². The van der Waals surface area contributed by atoms with Gasteiger partial charge in [-0.1, -0.05) is 6.92 Å². The fourth-order valence-electron chi connectivity index (χ4n) is 2.40. The van der Waals surface area contributed by atoms with Gasteiger partial charge in [-0.05, 0) is 40.7 Å². The Balaban J connectivity index is 1.84. The Bertz CT molecular complexity index is 488. The molecule has 1 aliphatic heterocycles. The van der Waals surface area contributed by atoms with Crippen LogP contribution in [0.15, 0.2) is 22.7 Å². The van der Waals surface area contributed by atoms with Crippen LogP contribution in [0.2, 0.25) is 0 Å². The molecule has 1 heterocycles. The second-order valence-electron chi connectivity index (χ2n) is 5.27. The molecular formula is C15H20BrF3N2O. The molecule has 0 N–H and O–H groups in total. The highest BCUT2D eigenvalue weighted by atomic mass is 79.9. The summed E-state index contributed by atoms with van der Waals surface area (Å²) in [6, 6.07) is 3.46. The quantitative estimate of drug-likeness (QED) is 0.777. The number of rotatable bonds is 5. The molecule has 2 rings (SSSR count). The van der Waals surface area contributed by atoms with Crippen LogP contribution in [0, 0.1) is 0 Å². The van der Waals surface area contributed by atoms with Crippen molar-refractivity contribution in [3.8, 4) is 5.75 Å². The minimum atomic E-state index is -4.35. The topological polar surface area (TPSA) is 15.7 Å². The van der Waals surface area contributed by atoms with Gasteiger partial charge in [0.2, 0.25) is 0 Å². The van der Waals surface area contributed by atoms with E-state index in [-0.39, 0.29) is 5.75 Å². The lowest BCUT2D eigenvalue weighted by molar-refractivity contribution is -0.137. The third-order valence-corrected chi connectivity index (χ3v) is 4.49. The molecule has 0 aliphatic carbocycles. The number of alkyl halides is 3. The minimum absolute atomic E-state index is 0.238. The van der Waals surface area contributed by atoms with Crippen molar-refractivity contribution in [3.05, 3.63) is 28.2 Å². The average Bonchev–Trinajstić information content (AvgIpc) is 2.48. The molecule has 1 aliphatic rings. The number of ether oxygens (including phenoxy) is 1. The molecule has 7 heteroatoms. The molecule has 0 unspecified atom stereocenters. The maximum absolute atomic E-state index is 12.7. The van der Waals surface area contributed by atoms with E-state index in [9.17, 15) is 13.2 Å². The number of hydrogen-bond acceptors (Lipinski definition) is 3. The molecule has 124 valence electrons. The lowest BCUT2D eigenvalue weighted by Gasteiger charge is -2.33. The van der Waals surface area contributed by atoms with Gasteiger partial charge in [0.1, 0.15) is 12.4 Å². The van der Waals surface area contributed by atoms with Crippen molar-refractivity contribution in [2.75, 3.05) is 45.9 Å². The average molecular weight is 381 g/mol. The molecule has 1 fully saturated rings. The van der Waals surface area contributed by atoms with Crippen molar-refractivity contribution >= 4 is 15.9 Å². The van der Waals surface area contributed by atoms with Gasteiger partial charge in [0.15, 0.2) is 0 Å². The van der Waals surface area contributed by atoms with E-state index in [0.717, 1.165) is 51.4 Å². The summed E-state index contributed by atoms with van der Waals surface area (Å²) in [4.78, 5) is 4.65. The number of nitrogens with zero attached hydrogens (tertiary/aromatic N) is 2. The lowest BCUT2D eigenvalue weighted by atomic mass is 10.2. The summed E-state index contributed by atoms with van der Waals surface area (Å²) in [6.45, 7) is 8.31. The van der Waals surface area contributed by atoms with Crippen molar-refractivity contribution in [1.82, 2.24) is 9.80 Å². The molecule has 1 aromatic carbocycles. The highest BCUT2D eigenvalue weighted by Crippen LogP contribution is 2.35. The molecular weight excluding hydrogens is 361 g/mol. The van der Waals surface area contributed by atoms with Crippen molar-refractivity contribution in [2.45, 2.75) is 13.1 Å². The molecule has 0 atom stereocenters. The van der Waals surface area contributed by atoms with Gasteiger partial charge in [-0.3, -0.25) is 4.90 Å². The zero-order chi connectivity index (χ0) is 16.2. The maximum Gasteiger partial charge on any atom is 0.416 e. The Morgan fingerprint density at radius 1 is 1.14 bits per heavy atom. The van der Waals surface area contributed by atoms with Crippen LogP contribution in [0.5, 0.6) is 5.75 Å². The predicted molar refractivity (Wildman–Crippen MR) is 83.2 cm³/mol. The fourth-order valence-corrected chi connectivity index (χ4v) is 2.77.